The summed E-state index contributed by atoms with van der Waals surface area (Å²) in [4.78, 5) is 17.7. The second-order valence-electron chi connectivity index (χ2n) is 6.46. The van der Waals surface area contributed by atoms with E-state index in [1.165, 1.54) is 17.4 Å². The summed E-state index contributed by atoms with van der Waals surface area (Å²) in [6, 6.07) is 3.46. The lowest BCUT2D eigenvalue weighted by molar-refractivity contribution is -0.0487. The zero-order chi connectivity index (χ0) is 18.4. The highest BCUT2D eigenvalue weighted by molar-refractivity contribution is 9.10. The number of carbonyl (C=O) groups is 1. The number of halogens is 4. The second kappa shape index (κ2) is 7.22. The zero-order valence-corrected chi connectivity index (χ0v) is 16.8. The van der Waals surface area contributed by atoms with E-state index < -0.39 is 6.61 Å². The number of hydrogen-bond acceptors (Lipinski definition) is 4. The van der Waals surface area contributed by atoms with Gasteiger partial charge in [-0.25, -0.2) is 0 Å². The first-order valence-corrected chi connectivity index (χ1v) is 10.3. The summed E-state index contributed by atoms with van der Waals surface area (Å²) in [5.74, 6) is -0.156. The van der Waals surface area contributed by atoms with Gasteiger partial charge in [0.1, 0.15) is 10.6 Å². The maximum absolute atomic E-state index is 13.1. The van der Waals surface area contributed by atoms with Gasteiger partial charge in [0.05, 0.1) is 15.1 Å². The molecule has 9 heteroatoms. The van der Waals surface area contributed by atoms with Crippen molar-refractivity contribution in [2.75, 3.05) is 26.2 Å². The summed E-state index contributed by atoms with van der Waals surface area (Å²) in [6.45, 7) is 0.344. The average Bonchev–Trinajstić information content (AvgIpc) is 3.21. The summed E-state index contributed by atoms with van der Waals surface area (Å²) >= 11 is 11.1. The molecule has 3 heterocycles. The monoisotopic (exact) mass is 464 g/mol. The highest BCUT2D eigenvalue weighted by atomic mass is 79.9. The number of ether oxygens (including phenoxy) is 1. The zero-order valence-electron chi connectivity index (χ0n) is 13.7. The number of carbonyl (C=O) groups excluding carboxylic acids is 1. The molecule has 2 saturated heterocycles. The van der Waals surface area contributed by atoms with Crippen LogP contribution >= 0.6 is 38.9 Å². The lowest BCUT2D eigenvalue weighted by Crippen LogP contribution is -2.51. The maximum Gasteiger partial charge on any atom is 0.387 e. The van der Waals surface area contributed by atoms with E-state index in [1.54, 1.807) is 6.07 Å². The van der Waals surface area contributed by atoms with Crippen molar-refractivity contribution in [3.63, 3.8) is 0 Å². The number of amides is 1. The third-order valence-corrected chi connectivity index (χ3v) is 7.60. The minimum atomic E-state index is -2.95. The number of piperazine rings is 1. The molecule has 1 atom stereocenters. The van der Waals surface area contributed by atoms with Gasteiger partial charge in [-0.15, -0.1) is 11.3 Å². The van der Waals surface area contributed by atoms with Gasteiger partial charge < -0.3 is 9.64 Å². The fourth-order valence-electron chi connectivity index (χ4n) is 3.76. The van der Waals surface area contributed by atoms with Crippen LogP contribution in [-0.2, 0) is 0 Å². The first kappa shape index (κ1) is 18.4. The molecule has 1 amide bonds. The Bertz CT molecular complexity index is 863. The van der Waals surface area contributed by atoms with E-state index in [1.807, 2.05) is 4.90 Å². The van der Waals surface area contributed by atoms with Crippen LogP contribution in [0, 0.1) is 0 Å². The highest BCUT2D eigenvalue weighted by Gasteiger charge is 2.34. The molecule has 0 saturated carbocycles. The van der Waals surface area contributed by atoms with E-state index in [0.29, 0.717) is 38.6 Å². The maximum atomic E-state index is 13.1. The smallest absolute Gasteiger partial charge is 0.387 e. The Labute approximate surface area is 166 Å². The Morgan fingerprint density at radius 2 is 2.15 bits per heavy atom. The van der Waals surface area contributed by atoms with E-state index in [4.69, 9.17) is 11.6 Å². The van der Waals surface area contributed by atoms with Crippen molar-refractivity contribution in [2.45, 2.75) is 25.5 Å². The van der Waals surface area contributed by atoms with Crippen molar-refractivity contribution in [1.29, 1.82) is 0 Å². The van der Waals surface area contributed by atoms with Crippen molar-refractivity contribution in [3.8, 4) is 5.75 Å². The summed E-state index contributed by atoms with van der Waals surface area (Å²) in [7, 11) is 0. The van der Waals surface area contributed by atoms with Gasteiger partial charge in [0.25, 0.3) is 5.91 Å². The number of thiophene rings is 1. The van der Waals surface area contributed by atoms with Gasteiger partial charge in [-0.3, -0.25) is 9.69 Å². The first-order valence-electron chi connectivity index (χ1n) is 8.34. The van der Waals surface area contributed by atoms with Gasteiger partial charge in [-0.2, -0.15) is 8.78 Å². The standard InChI is InChI=1S/C17H16BrClF2N2O2S/c18-10-3-4-11(25-17(20)21)12-13(19)15(26-14(10)12)16(24)23-7-6-22-5-1-2-9(22)8-23/h3-4,9,17H,1-2,5-8H2/t9-/m1/s1. The fraction of sp³-hybridized carbons (Fsp3) is 0.471. The number of rotatable bonds is 3. The van der Waals surface area contributed by atoms with Crippen molar-refractivity contribution in [1.82, 2.24) is 9.80 Å². The molecule has 0 bridgehead atoms. The molecule has 2 aliphatic heterocycles. The van der Waals surface area contributed by atoms with Gasteiger partial charge in [0.2, 0.25) is 0 Å². The van der Waals surface area contributed by atoms with Gasteiger partial charge in [0.15, 0.2) is 0 Å². The number of hydrogen-bond donors (Lipinski definition) is 0. The van der Waals surface area contributed by atoms with Crippen LogP contribution in [-0.4, -0.2) is 54.5 Å². The van der Waals surface area contributed by atoms with Gasteiger partial charge in [-0.05, 0) is 47.4 Å². The number of benzene rings is 1. The molecule has 26 heavy (non-hydrogen) atoms. The van der Waals surface area contributed by atoms with Gasteiger partial charge in [0, 0.05) is 30.1 Å². The van der Waals surface area contributed by atoms with Crippen LogP contribution in [0.2, 0.25) is 5.02 Å². The lowest BCUT2D eigenvalue weighted by Gasteiger charge is -2.37. The highest BCUT2D eigenvalue weighted by Crippen LogP contribution is 2.45. The van der Waals surface area contributed by atoms with Crippen LogP contribution in [0.25, 0.3) is 10.1 Å². The third-order valence-electron chi connectivity index (χ3n) is 4.98. The molecular weight excluding hydrogens is 450 g/mol. The van der Waals surface area contributed by atoms with E-state index >= 15 is 0 Å². The second-order valence-corrected chi connectivity index (χ2v) is 8.71. The van der Waals surface area contributed by atoms with E-state index in [-0.39, 0.29) is 16.7 Å². The first-order chi connectivity index (χ1) is 12.5. The molecule has 0 aliphatic carbocycles. The minimum absolute atomic E-state index is 0.0147. The van der Waals surface area contributed by atoms with Crippen LogP contribution < -0.4 is 4.74 Å². The Hall–Kier alpha value is -0.960. The molecule has 4 rings (SSSR count). The van der Waals surface area contributed by atoms with E-state index in [0.717, 1.165) is 25.9 Å². The van der Waals surface area contributed by atoms with Gasteiger partial charge >= 0.3 is 6.61 Å². The molecule has 1 aromatic heterocycles. The largest absolute Gasteiger partial charge is 0.434 e. The molecule has 2 fully saturated rings. The SMILES string of the molecule is O=C(c1sc2c(Br)ccc(OC(F)F)c2c1Cl)N1CCN2CCC[C@@H]2C1. The number of alkyl halides is 2. The van der Waals surface area contributed by atoms with Crippen molar-refractivity contribution >= 4 is 54.9 Å². The van der Waals surface area contributed by atoms with E-state index in [2.05, 4.69) is 25.6 Å². The molecular formula is C17H16BrClF2N2O2S. The summed E-state index contributed by atoms with van der Waals surface area (Å²) < 4.78 is 31.3. The summed E-state index contributed by atoms with van der Waals surface area (Å²) in [5.41, 5.74) is 0. The Morgan fingerprint density at radius 1 is 1.35 bits per heavy atom. The van der Waals surface area contributed by atoms with Crippen LogP contribution in [0.3, 0.4) is 0 Å². The third kappa shape index (κ3) is 3.21. The van der Waals surface area contributed by atoms with Crippen molar-refractivity contribution < 1.29 is 18.3 Å². The predicted molar refractivity (Wildman–Crippen MR) is 102 cm³/mol. The Kier molecular flexibility index (Phi) is 5.11. The van der Waals surface area contributed by atoms with Crippen LogP contribution in [0.1, 0.15) is 22.5 Å². The van der Waals surface area contributed by atoms with Crippen LogP contribution in [0.4, 0.5) is 8.78 Å². The topological polar surface area (TPSA) is 32.8 Å². The lowest BCUT2D eigenvalue weighted by atomic mass is 10.1. The Morgan fingerprint density at radius 3 is 2.92 bits per heavy atom. The predicted octanol–water partition coefficient (Wildman–Crippen LogP) is 4.84. The average molecular weight is 466 g/mol. The molecule has 2 aliphatic rings. The van der Waals surface area contributed by atoms with E-state index in [9.17, 15) is 13.6 Å². The fourth-order valence-corrected chi connectivity index (χ4v) is 5.85. The molecule has 4 nitrogen and oxygen atoms in total. The summed E-state index contributed by atoms with van der Waals surface area (Å²) in [5, 5.41) is 0.537. The molecule has 140 valence electrons. The molecule has 0 unspecified atom stereocenters. The summed E-state index contributed by atoms with van der Waals surface area (Å²) in [6.07, 6.45) is 2.26. The normalized spacial score (nSPS) is 20.8. The quantitative estimate of drug-likeness (QED) is 0.650. The number of fused-ring (bicyclic) bond motifs is 2. The number of nitrogens with zero attached hydrogens (tertiary/aromatic N) is 2. The molecule has 0 spiro atoms. The Balaban J connectivity index is 1.69. The van der Waals surface area contributed by atoms with Crippen LogP contribution in [0.5, 0.6) is 5.75 Å². The minimum Gasteiger partial charge on any atom is -0.434 e. The molecule has 0 N–H and O–H groups in total. The molecule has 0 radical (unpaired) electrons. The van der Waals surface area contributed by atoms with Crippen molar-refractivity contribution in [3.05, 3.63) is 26.5 Å². The molecule has 2 aromatic rings. The van der Waals surface area contributed by atoms with Crippen molar-refractivity contribution in [2.24, 2.45) is 0 Å². The molecule has 1 aromatic carbocycles. The van der Waals surface area contributed by atoms with Crippen LogP contribution in [0.15, 0.2) is 16.6 Å². The van der Waals surface area contributed by atoms with Gasteiger partial charge in [-0.1, -0.05) is 11.6 Å².